The predicted octanol–water partition coefficient (Wildman–Crippen LogP) is 0.666. The van der Waals surface area contributed by atoms with Crippen LogP contribution in [-0.2, 0) is 42.8 Å². The number of nitrogens with two attached hydrogens (primary N) is 1. The molecule has 1 aromatic rings. The summed E-state index contributed by atoms with van der Waals surface area (Å²) in [6.07, 6.45) is -4.16. The van der Waals surface area contributed by atoms with E-state index < -0.39 is 60.2 Å². The minimum absolute atomic E-state index is 0.00531. The van der Waals surface area contributed by atoms with E-state index in [1.54, 1.807) is 33.8 Å². The van der Waals surface area contributed by atoms with E-state index in [1.165, 1.54) is 4.68 Å². The summed E-state index contributed by atoms with van der Waals surface area (Å²) in [5.74, 6) is -1.04. The van der Waals surface area contributed by atoms with Gasteiger partial charge in [0.15, 0.2) is 17.8 Å². The number of aromatic nitrogens is 2. The lowest BCUT2D eigenvalue weighted by molar-refractivity contribution is -0.147. The van der Waals surface area contributed by atoms with Crippen molar-refractivity contribution in [2.24, 2.45) is 16.1 Å². The highest BCUT2D eigenvalue weighted by molar-refractivity contribution is 9.10. The first kappa shape index (κ1) is 32.3. The van der Waals surface area contributed by atoms with E-state index in [2.05, 4.69) is 36.6 Å². The molecule has 5 N–H and O–H groups in total. The zero-order valence-corrected chi connectivity index (χ0v) is 25.7. The number of phosphoric ester groups is 1. The van der Waals surface area contributed by atoms with Gasteiger partial charge in [-0.1, -0.05) is 13.8 Å². The molecule has 0 saturated carbocycles. The van der Waals surface area contributed by atoms with Crippen LogP contribution in [0, 0.1) is 16.7 Å². The van der Waals surface area contributed by atoms with Crippen molar-refractivity contribution in [3.63, 3.8) is 0 Å². The number of ether oxygens (including phenoxy) is 2. The van der Waals surface area contributed by atoms with Gasteiger partial charge < -0.3 is 31.1 Å². The van der Waals surface area contributed by atoms with Crippen LogP contribution in [0.25, 0.3) is 0 Å². The number of carbonyl (C=O) groups is 2. The van der Waals surface area contributed by atoms with Gasteiger partial charge in [-0.15, -0.1) is 0 Å². The van der Waals surface area contributed by atoms with Gasteiger partial charge in [0.1, 0.15) is 30.6 Å². The van der Waals surface area contributed by atoms with Gasteiger partial charge in [0.05, 0.1) is 31.9 Å². The van der Waals surface area contributed by atoms with Gasteiger partial charge in [0.25, 0.3) is 0 Å². The second-order valence-corrected chi connectivity index (χ2v) is 13.5. The average Bonchev–Trinajstić information content (AvgIpc) is 3.43. The highest BCUT2D eigenvalue weighted by atomic mass is 79.9. The number of phosphoric acid groups is 1. The van der Waals surface area contributed by atoms with Crippen molar-refractivity contribution in [2.45, 2.75) is 68.7 Å². The number of halogens is 2. The van der Waals surface area contributed by atoms with Crippen molar-refractivity contribution in [1.29, 1.82) is 5.26 Å². The van der Waals surface area contributed by atoms with Crippen molar-refractivity contribution in [2.75, 3.05) is 31.9 Å². The number of hydrogen-bond acceptors (Lipinski definition) is 14. The quantitative estimate of drug-likeness (QED) is 0.160. The SMILES string of the molecule is CC(C)OC(=O)CCNC(=O)[C@@H]1OP(=O)(OC[C@H]2O[C@@](C#N)(c3cnc4n3NCN=C4N)C(F)(Br)[C@H]2O)OCC1(C)C. The third-order valence-corrected chi connectivity index (χ3v) is 9.09. The number of rotatable bonds is 9. The molecular formula is C23H32BrFN7O9P. The predicted molar refractivity (Wildman–Crippen MR) is 145 cm³/mol. The van der Waals surface area contributed by atoms with Gasteiger partial charge in [-0.25, -0.2) is 23.6 Å². The van der Waals surface area contributed by atoms with Crippen LogP contribution < -0.4 is 16.5 Å². The molecule has 4 heterocycles. The number of carbonyl (C=O) groups excluding carboxylic acids is 2. The van der Waals surface area contributed by atoms with E-state index in [1.807, 2.05) is 0 Å². The van der Waals surface area contributed by atoms with E-state index in [-0.39, 0.29) is 49.7 Å². The number of aliphatic imine (C=N–C) groups is 1. The number of imidazole rings is 1. The van der Waals surface area contributed by atoms with E-state index in [0.717, 1.165) is 6.20 Å². The Labute approximate surface area is 248 Å². The number of aliphatic hydroxyl groups excluding tert-OH is 1. The van der Waals surface area contributed by atoms with Crippen LogP contribution in [-0.4, -0.2) is 87.9 Å². The minimum Gasteiger partial charge on any atom is -0.463 e. The fraction of sp³-hybridized carbons (Fsp3) is 0.696. The Morgan fingerprint density at radius 2 is 2.19 bits per heavy atom. The molecule has 4 rings (SSSR count). The molecule has 19 heteroatoms. The average molecular weight is 680 g/mol. The first-order valence-electron chi connectivity index (χ1n) is 12.9. The maximum Gasteiger partial charge on any atom is 0.475 e. The van der Waals surface area contributed by atoms with Crippen LogP contribution in [0.15, 0.2) is 11.2 Å². The molecule has 1 amide bonds. The van der Waals surface area contributed by atoms with Gasteiger partial charge in [-0.3, -0.25) is 23.2 Å². The number of alkyl halides is 2. The number of nitrogens with zero attached hydrogens (tertiary/aromatic N) is 4. The zero-order chi connectivity index (χ0) is 31.1. The lowest BCUT2D eigenvalue weighted by atomic mass is 9.87. The van der Waals surface area contributed by atoms with Crippen molar-refractivity contribution in [3.05, 3.63) is 17.7 Å². The molecule has 42 heavy (non-hydrogen) atoms. The number of hydrogen-bond donors (Lipinski definition) is 4. The van der Waals surface area contributed by atoms with Crippen molar-refractivity contribution >= 4 is 41.5 Å². The molecule has 16 nitrogen and oxygen atoms in total. The molecule has 0 radical (unpaired) electrons. The maximum atomic E-state index is 16.1. The summed E-state index contributed by atoms with van der Waals surface area (Å²) in [5, 5.41) is 23.5. The number of nitriles is 1. The van der Waals surface area contributed by atoms with Crippen LogP contribution in [0.2, 0.25) is 0 Å². The number of aliphatic hydroxyl groups is 1. The van der Waals surface area contributed by atoms with Gasteiger partial charge in [0, 0.05) is 12.0 Å². The third-order valence-electron chi connectivity index (χ3n) is 6.68. The Bertz CT molecular complexity index is 1350. The molecule has 3 aliphatic heterocycles. The molecule has 2 unspecified atom stereocenters. The number of nitrogens with one attached hydrogen (secondary N) is 2. The lowest BCUT2D eigenvalue weighted by Crippen LogP contribution is -2.50. The van der Waals surface area contributed by atoms with Crippen LogP contribution in [0.4, 0.5) is 4.39 Å². The molecule has 232 valence electrons. The van der Waals surface area contributed by atoms with E-state index in [9.17, 15) is 24.5 Å². The van der Waals surface area contributed by atoms with E-state index in [0.29, 0.717) is 0 Å². The Morgan fingerprint density at radius 3 is 2.86 bits per heavy atom. The molecule has 6 atom stereocenters. The first-order valence-corrected chi connectivity index (χ1v) is 15.1. The van der Waals surface area contributed by atoms with Gasteiger partial charge >= 0.3 is 13.8 Å². The Balaban J connectivity index is 1.45. The number of fused-ring (bicyclic) bond motifs is 1. The van der Waals surface area contributed by atoms with Crippen LogP contribution in [0.5, 0.6) is 0 Å². The monoisotopic (exact) mass is 679 g/mol. The largest absolute Gasteiger partial charge is 0.475 e. The highest BCUT2D eigenvalue weighted by Crippen LogP contribution is 2.59. The Morgan fingerprint density at radius 1 is 1.48 bits per heavy atom. The van der Waals surface area contributed by atoms with E-state index in [4.69, 9.17) is 28.8 Å². The molecule has 0 bridgehead atoms. The van der Waals surface area contributed by atoms with Gasteiger partial charge in [-0.05, 0) is 29.8 Å². The summed E-state index contributed by atoms with van der Waals surface area (Å²) in [5.41, 5.74) is 5.07. The van der Waals surface area contributed by atoms with Gasteiger partial charge in [0.2, 0.25) is 16.1 Å². The molecule has 1 aromatic heterocycles. The smallest absolute Gasteiger partial charge is 0.463 e. The first-order chi connectivity index (χ1) is 19.6. The number of amides is 1. The molecule has 2 saturated heterocycles. The van der Waals surface area contributed by atoms with Crippen molar-refractivity contribution in [1.82, 2.24) is 15.0 Å². The standard InChI is InChI=1S/C23H32BrFN7O9P/c1-12(2)39-15(33)5-6-28-20(35)17-21(3,4)10-38-42(36,41-17)37-8-13-16(34)23(24,25)22(9-26,40-13)14-7-29-19-18(27)30-11-31-32(14)19/h7,12-13,16-17,31,34H,5-6,8,10-11H2,1-4H3,(H2,27,30)(H,28,35)/t13-,16+,17+,22+,23?,42?/m1/s1. The summed E-state index contributed by atoms with van der Waals surface area (Å²) in [6, 6.07) is 1.75. The summed E-state index contributed by atoms with van der Waals surface area (Å²) in [7, 11) is -4.46. The normalized spacial score (nSPS) is 33.7. The van der Waals surface area contributed by atoms with E-state index >= 15 is 4.39 Å². The summed E-state index contributed by atoms with van der Waals surface area (Å²) in [6.45, 7) is 5.63. The molecule has 0 aliphatic carbocycles. The fourth-order valence-corrected chi connectivity index (χ4v) is 6.83. The van der Waals surface area contributed by atoms with Crippen molar-refractivity contribution < 1.29 is 46.7 Å². The van der Waals surface area contributed by atoms with Gasteiger partial charge in [-0.2, -0.15) is 5.26 Å². The second-order valence-electron chi connectivity index (χ2n) is 10.7. The van der Waals surface area contributed by atoms with Crippen LogP contribution in [0.3, 0.4) is 0 Å². The highest BCUT2D eigenvalue weighted by Gasteiger charge is 2.69. The fourth-order valence-electron chi connectivity index (χ4n) is 4.49. The molecule has 0 aromatic carbocycles. The topological polar surface area (TPSA) is 222 Å². The van der Waals surface area contributed by atoms with Crippen molar-refractivity contribution in [3.8, 4) is 6.07 Å². The summed E-state index contributed by atoms with van der Waals surface area (Å²) >= 11 is 2.80. The summed E-state index contributed by atoms with van der Waals surface area (Å²) < 4.78 is 54.7. The molecular weight excluding hydrogens is 648 g/mol. The number of esters is 1. The Hall–Kier alpha value is -2.65. The summed E-state index contributed by atoms with van der Waals surface area (Å²) in [4.78, 5) is 32.7. The molecule has 3 aliphatic rings. The second kappa shape index (κ2) is 11.8. The molecule has 0 spiro atoms. The zero-order valence-electron chi connectivity index (χ0n) is 23.2. The van der Waals surface area contributed by atoms with Crippen LogP contribution in [0.1, 0.15) is 45.6 Å². The maximum absolute atomic E-state index is 16.1. The lowest BCUT2D eigenvalue weighted by Gasteiger charge is -2.39. The number of amidine groups is 1. The third kappa shape index (κ3) is 5.91. The minimum atomic E-state index is -4.46. The Kier molecular flexibility index (Phi) is 9.06. The molecule has 2 fully saturated rings. The van der Waals surface area contributed by atoms with Crippen LogP contribution >= 0.6 is 23.8 Å².